The summed E-state index contributed by atoms with van der Waals surface area (Å²) in [7, 11) is 0. The van der Waals surface area contributed by atoms with Crippen molar-refractivity contribution in [2.45, 2.75) is 32.2 Å². The molecule has 0 atom stereocenters. The highest BCUT2D eigenvalue weighted by molar-refractivity contribution is 5.14. The van der Waals surface area contributed by atoms with E-state index in [2.05, 4.69) is 12.2 Å². The van der Waals surface area contributed by atoms with Gasteiger partial charge in [-0.3, -0.25) is 0 Å². The fourth-order valence-electron chi connectivity index (χ4n) is 1.34. The minimum atomic E-state index is 0.806. The summed E-state index contributed by atoms with van der Waals surface area (Å²) in [5.41, 5.74) is 1.27. The number of aryl methyl sites for hydroxylation is 1. The molecule has 1 N–H and O–H groups in total. The molecule has 0 aliphatic heterocycles. The van der Waals surface area contributed by atoms with E-state index in [9.17, 15) is 0 Å². The van der Waals surface area contributed by atoms with Crippen molar-refractivity contribution >= 4 is 0 Å². The lowest BCUT2D eigenvalue weighted by molar-refractivity contribution is 0.496. The first-order valence-electron chi connectivity index (χ1n) is 4.62. The van der Waals surface area contributed by atoms with E-state index in [1.165, 1.54) is 18.4 Å². The summed E-state index contributed by atoms with van der Waals surface area (Å²) in [4.78, 5) is 0. The largest absolute Gasteiger partial charge is 0.469 e. The second-order valence-corrected chi connectivity index (χ2v) is 3.51. The lowest BCUT2D eigenvalue weighted by Gasteiger charge is -2.00. The van der Waals surface area contributed by atoms with Gasteiger partial charge in [-0.25, -0.2) is 0 Å². The molecule has 1 aliphatic carbocycles. The minimum absolute atomic E-state index is 0.806. The molecule has 0 aromatic carbocycles. The molecule has 12 heavy (non-hydrogen) atoms. The van der Waals surface area contributed by atoms with Crippen LogP contribution in [0.15, 0.2) is 16.7 Å². The molecule has 2 rings (SSSR count). The number of hydrogen-bond acceptors (Lipinski definition) is 2. The van der Waals surface area contributed by atoms with Crippen LogP contribution in [0.25, 0.3) is 0 Å². The van der Waals surface area contributed by atoms with Gasteiger partial charge in [0.05, 0.1) is 6.26 Å². The van der Waals surface area contributed by atoms with Crippen LogP contribution in [0.1, 0.15) is 24.2 Å². The Morgan fingerprint density at radius 3 is 3.00 bits per heavy atom. The SMILES string of the molecule is Cc1ccoc1CCNC1CC1. The number of rotatable bonds is 4. The van der Waals surface area contributed by atoms with Crippen molar-refractivity contribution in [2.24, 2.45) is 0 Å². The highest BCUT2D eigenvalue weighted by Gasteiger charge is 2.19. The summed E-state index contributed by atoms with van der Waals surface area (Å²) < 4.78 is 5.33. The molecule has 2 nitrogen and oxygen atoms in total. The van der Waals surface area contributed by atoms with Crippen molar-refractivity contribution < 1.29 is 4.42 Å². The molecule has 0 unspecified atom stereocenters. The highest BCUT2D eigenvalue weighted by Crippen LogP contribution is 2.18. The van der Waals surface area contributed by atoms with Gasteiger partial charge >= 0.3 is 0 Å². The molecule has 0 spiro atoms. The average molecular weight is 165 g/mol. The summed E-state index contributed by atoms with van der Waals surface area (Å²) in [6, 6.07) is 2.83. The van der Waals surface area contributed by atoms with Crippen LogP contribution in [-0.2, 0) is 6.42 Å². The summed E-state index contributed by atoms with van der Waals surface area (Å²) in [5.74, 6) is 1.13. The van der Waals surface area contributed by atoms with Crippen LogP contribution in [0.2, 0.25) is 0 Å². The molecule has 0 bridgehead atoms. The van der Waals surface area contributed by atoms with Gasteiger partial charge in [0, 0.05) is 19.0 Å². The third-order valence-electron chi connectivity index (χ3n) is 2.33. The zero-order valence-corrected chi connectivity index (χ0v) is 7.47. The van der Waals surface area contributed by atoms with Crippen LogP contribution in [-0.4, -0.2) is 12.6 Å². The van der Waals surface area contributed by atoms with Gasteiger partial charge in [-0.05, 0) is 31.4 Å². The van der Waals surface area contributed by atoms with Crippen molar-refractivity contribution in [2.75, 3.05) is 6.54 Å². The zero-order valence-electron chi connectivity index (χ0n) is 7.47. The Labute approximate surface area is 73.0 Å². The predicted octanol–water partition coefficient (Wildman–Crippen LogP) is 1.88. The van der Waals surface area contributed by atoms with Crippen LogP contribution in [0.3, 0.4) is 0 Å². The van der Waals surface area contributed by atoms with Crippen LogP contribution in [0.5, 0.6) is 0 Å². The monoisotopic (exact) mass is 165 g/mol. The van der Waals surface area contributed by atoms with Crippen molar-refractivity contribution in [1.82, 2.24) is 5.32 Å². The molecule has 0 amide bonds. The molecule has 2 heteroatoms. The Kier molecular flexibility index (Phi) is 2.17. The van der Waals surface area contributed by atoms with Gasteiger partial charge < -0.3 is 9.73 Å². The molecule has 1 heterocycles. The second kappa shape index (κ2) is 3.31. The molecule has 1 aromatic heterocycles. The third-order valence-corrected chi connectivity index (χ3v) is 2.33. The van der Waals surface area contributed by atoms with E-state index in [1.54, 1.807) is 6.26 Å². The van der Waals surface area contributed by atoms with Crippen LogP contribution >= 0.6 is 0 Å². The van der Waals surface area contributed by atoms with E-state index in [0.717, 1.165) is 24.8 Å². The molecule has 0 saturated heterocycles. The van der Waals surface area contributed by atoms with Gasteiger partial charge in [-0.15, -0.1) is 0 Å². The summed E-state index contributed by atoms with van der Waals surface area (Å²) in [6.07, 6.45) is 5.51. The molecular formula is C10H15NO. The first-order chi connectivity index (χ1) is 5.86. The van der Waals surface area contributed by atoms with Crippen LogP contribution < -0.4 is 5.32 Å². The Hall–Kier alpha value is -0.760. The summed E-state index contributed by atoms with van der Waals surface area (Å²) in [6.45, 7) is 3.15. The second-order valence-electron chi connectivity index (χ2n) is 3.51. The van der Waals surface area contributed by atoms with Crippen LogP contribution in [0.4, 0.5) is 0 Å². The summed E-state index contributed by atoms with van der Waals surface area (Å²) >= 11 is 0. The highest BCUT2D eigenvalue weighted by atomic mass is 16.3. The predicted molar refractivity (Wildman–Crippen MR) is 48.2 cm³/mol. The smallest absolute Gasteiger partial charge is 0.107 e. The number of hydrogen-bond donors (Lipinski definition) is 1. The minimum Gasteiger partial charge on any atom is -0.469 e. The molecule has 0 radical (unpaired) electrons. The van der Waals surface area contributed by atoms with E-state index >= 15 is 0 Å². The van der Waals surface area contributed by atoms with E-state index in [-0.39, 0.29) is 0 Å². The molecule has 1 aliphatic rings. The number of nitrogens with one attached hydrogen (secondary N) is 1. The van der Waals surface area contributed by atoms with Crippen molar-refractivity contribution in [3.8, 4) is 0 Å². The van der Waals surface area contributed by atoms with Gasteiger partial charge in [-0.1, -0.05) is 0 Å². The van der Waals surface area contributed by atoms with E-state index < -0.39 is 0 Å². The van der Waals surface area contributed by atoms with E-state index in [4.69, 9.17) is 4.42 Å². The maximum atomic E-state index is 5.33. The normalized spacial score (nSPS) is 16.8. The Bertz CT molecular complexity index is 250. The Morgan fingerprint density at radius 2 is 2.42 bits per heavy atom. The summed E-state index contributed by atoms with van der Waals surface area (Å²) in [5, 5.41) is 3.46. The maximum Gasteiger partial charge on any atom is 0.107 e. The first kappa shape index (κ1) is 7.87. The average Bonchev–Trinajstić information content (AvgIpc) is 2.78. The Balaban J connectivity index is 1.75. The van der Waals surface area contributed by atoms with E-state index in [1.807, 2.05) is 6.07 Å². The lowest BCUT2D eigenvalue weighted by atomic mass is 10.2. The number of furan rings is 1. The molecular weight excluding hydrogens is 150 g/mol. The molecule has 1 aromatic rings. The van der Waals surface area contributed by atoms with Crippen LogP contribution in [0, 0.1) is 6.92 Å². The standard InChI is InChI=1S/C10H15NO/c1-8-5-7-12-10(8)4-6-11-9-2-3-9/h5,7,9,11H,2-4,6H2,1H3. The third kappa shape index (κ3) is 1.89. The van der Waals surface area contributed by atoms with Crippen molar-refractivity contribution in [3.63, 3.8) is 0 Å². The van der Waals surface area contributed by atoms with Crippen molar-refractivity contribution in [1.29, 1.82) is 0 Å². The van der Waals surface area contributed by atoms with Gasteiger partial charge in [0.1, 0.15) is 5.76 Å². The zero-order chi connectivity index (χ0) is 8.39. The van der Waals surface area contributed by atoms with Gasteiger partial charge in [0.15, 0.2) is 0 Å². The topological polar surface area (TPSA) is 25.2 Å². The molecule has 66 valence electrons. The molecule has 1 fully saturated rings. The fraction of sp³-hybridized carbons (Fsp3) is 0.600. The maximum absolute atomic E-state index is 5.33. The van der Waals surface area contributed by atoms with Gasteiger partial charge in [0.25, 0.3) is 0 Å². The lowest BCUT2D eigenvalue weighted by Crippen LogP contribution is -2.19. The first-order valence-corrected chi connectivity index (χ1v) is 4.62. The quantitative estimate of drug-likeness (QED) is 0.737. The van der Waals surface area contributed by atoms with Gasteiger partial charge in [-0.2, -0.15) is 0 Å². The van der Waals surface area contributed by atoms with Gasteiger partial charge in [0.2, 0.25) is 0 Å². The fourth-order valence-corrected chi connectivity index (χ4v) is 1.34. The Morgan fingerprint density at radius 1 is 1.58 bits per heavy atom. The van der Waals surface area contributed by atoms with E-state index in [0.29, 0.717) is 0 Å². The van der Waals surface area contributed by atoms with Crippen molar-refractivity contribution in [3.05, 3.63) is 23.7 Å². The molecule has 1 saturated carbocycles.